The lowest BCUT2D eigenvalue weighted by Gasteiger charge is -2.28. The van der Waals surface area contributed by atoms with Gasteiger partial charge in [0, 0.05) is 16.1 Å². The lowest BCUT2D eigenvalue weighted by molar-refractivity contribution is -0.160. The zero-order valence-corrected chi connectivity index (χ0v) is 24.7. The first kappa shape index (κ1) is 28.8. The summed E-state index contributed by atoms with van der Waals surface area (Å²) in [7, 11) is 0. The van der Waals surface area contributed by atoms with Gasteiger partial charge in [0.05, 0.1) is 21.2 Å². The summed E-state index contributed by atoms with van der Waals surface area (Å²) in [6.45, 7) is 12.9. The van der Waals surface area contributed by atoms with Crippen molar-refractivity contribution < 1.29 is 19.7 Å². The summed E-state index contributed by atoms with van der Waals surface area (Å²) in [5.41, 5.74) is 2.37. The van der Waals surface area contributed by atoms with Crippen LogP contribution in [0.4, 0.5) is 0 Å². The number of benzene rings is 3. The molecule has 0 fully saturated rings. The molecule has 1 aromatic heterocycles. The van der Waals surface area contributed by atoms with Crippen LogP contribution in [0.25, 0.3) is 21.9 Å². The highest BCUT2D eigenvalue weighted by Gasteiger charge is 2.31. The number of carboxylic acid groups (broad SMARTS) is 1. The molecule has 0 amide bonds. The largest absolute Gasteiger partial charge is 0.479 e. The number of hydrogen-bond acceptors (Lipinski definition) is 5. The average molecular weight is 562 g/mol. The monoisotopic (exact) mass is 561 g/mol. The summed E-state index contributed by atoms with van der Waals surface area (Å²) >= 11 is 7.63. The Balaban J connectivity index is 1.96. The van der Waals surface area contributed by atoms with E-state index in [9.17, 15) is 15.0 Å². The number of aliphatic carboxylic acids is 1. The van der Waals surface area contributed by atoms with Gasteiger partial charge in [-0.05, 0) is 100 Å². The Morgan fingerprint density at radius 3 is 2.28 bits per heavy atom. The number of aryl methyl sites for hydroxylation is 3. The molecule has 0 radical (unpaired) electrons. The Kier molecular flexibility index (Phi) is 7.93. The van der Waals surface area contributed by atoms with Crippen molar-refractivity contribution in [1.29, 1.82) is 0 Å². The molecule has 202 valence electrons. The lowest BCUT2D eigenvalue weighted by Crippen LogP contribution is -2.28. The van der Waals surface area contributed by atoms with Crippen LogP contribution in [0.1, 0.15) is 66.1 Å². The van der Waals surface area contributed by atoms with Crippen LogP contribution < -0.4 is 0 Å². The summed E-state index contributed by atoms with van der Waals surface area (Å²) in [5, 5.41) is 24.6. The molecule has 0 bridgehead atoms. The van der Waals surface area contributed by atoms with Gasteiger partial charge in [-0.1, -0.05) is 47.7 Å². The second kappa shape index (κ2) is 10.7. The van der Waals surface area contributed by atoms with Gasteiger partial charge in [-0.2, -0.15) is 0 Å². The van der Waals surface area contributed by atoms with Crippen LogP contribution in [0, 0.1) is 32.6 Å². The van der Waals surface area contributed by atoms with Crippen molar-refractivity contribution >= 4 is 39.7 Å². The maximum Gasteiger partial charge on any atom is 0.337 e. The number of aromatic nitrogens is 1. The molecule has 0 aliphatic rings. The van der Waals surface area contributed by atoms with Crippen LogP contribution >= 0.6 is 22.9 Å². The van der Waals surface area contributed by atoms with E-state index in [1.165, 1.54) is 11.3 Å². The Bertz CT molecular complexity index is 1620. The van der Waals surface area contributed by atoms with Crippen molar-refractivity contribution in [3.05, 3.63) is 85.8 Å². The van der Waals surface area contributed by atoms with E-state index in [1.54, 1.807) is 19.1 Å². The fourth-order valence-electron chi connectivity index (χ4n) is 4.72. The van der Waals surface area contributed by atoms with Crippen molar-refractivity contribution in [3.8, 4) is 23.0 Å². The quantitative estimate of drug-likeness (QED) is 0.244. The number of ether oxygens (including phenoxy) is 1. The zero-order valence-electron chi connectivity index (χ0n) is 23.1. The molecule has 4 aromatic rings. The highest BCUT2D eigenvalue weighted by atomic mass is 35.5. The van der Waals surface area contributed by atoms with E-state index in [-0.39, 0.29) is 0 Å². The third kappa shape index (κ3) is 6.34. The first-order valence-corrected chi connectivity index (χ1v) is 13.8. The van der Waals surface area contributed by atoms with Crippen LogP contribution in [-0.4, -0.2) is 26.8 Å². The summed E-state index contributed by atoms with van der Waals surface area (Å²) in [6, 6.07) is 15.1. The van der Waals surface area contributed by atoms with Crippen LogP contribution in [0.5, 0.6) is 0 Å². The summed E-state index contributed by atoms with van der Waals surface area (Å²) in [6.07, 6.45) is -1.19. The minimum absolute atomic E-state index is 0.583. The Labute approximate surface area is 238 Å². The number of halogens is 1. The highest BCUT2D eigenvalue weighted by molar-refractivity contribution is 7.11. The molecule has 4 rings (SSSR count). The second-order valence-corrected chi connectivity index (χ2v) is 12.5. The number of hydrogen-bond donors (Lipinski definition) is 2. The second-order valence-electron chi connectivity index (χ2n) is 10.8. The predicted octanol–water partition coefficient (Wildman–Crippen LogP) is 7.74. The Hall–Kier alpha value is -3.21. The van der Waals surface area contributed by atoms with E-state index in [0.717, 1.165) is 43.0 Å². The van der Waals surface area contributed by atoms with Crippen molar-refractivity contribution in [2.24, 2.45) is 0 Å². The number of fused-ring (bicyclic) bond motifs is 1. The molecule has 7 heteroatoms. The molecule has 39 heavy (non-hydrogen) atoms. The maximum absolute atomic E-state index is 12.5. The normalized spacial score (nSPS) is 14.0. The standard InChI is InChI=1S/C32H32ClNO4S/c1-18-16-23-9-8-21(14-15-32(7,37)29-19(2)34-20(3)39-29)17-25(23)27(22-10-12-24(33)13-11-22)26(18)28(30(35)36)38-31(4,5)6/h8-13,16-17,28,37H,1-7H3,(H,35,36). The maximum atomic E-state index is 12.5. The topological polar surface area (TPSA) is 79.7 Å². The van der Waals surface area contributed by atoms with E-state index < -0.39 is 23.3 Å². The Morgan fingerprint density at radius 1 is 1.05 bits per heavy atom. The fraction of sp³-hybridized carbons (Fsp3) is 0.312. The molecule has 5 nitrogen and oxygen atoms in total. The number of carbonyl (C=O) groups is 1. The molecule has 0 saturated carbocycles. The minimum atomic E-state index is -1.36. The van der Waals surface area contributed by atoms with E-state index in [2.05, 4.69) is 16.8 Å². The molecule has 3 aromatic carbocycles. The highest BCUT2D eigenvalue weighted by Crippen LogP contribution is 2.41. The molecular formula is C32H32ClNO4S. The molecule has 2 unspecified atom stereocenters. The number of thiazole rings is 1. The van der Waals surface area contributed by atoms with Gasteiger partial charge < -0.3 is 14.9 Å². The van der Waals surface area contributed by atoms with Gasteiger partial charge in [-0.25, -0.2) is 9.78 Å². The van der Waals surface area contributed by atoms with Crippen molar-refractivity contribution in [1.82, 2.24) is 4.98 Å². The number of nitrogens with zero attached hydrogens (tertiary/aromatic N) is 1. The zero-order chi connectivity index (χ0) is 28.7. The Morgan fingerprint density at radius 2 is 1.72 bits per heavy atom. The van der Waals surface area contributed by atoms with Gasteiger partial charge in [0.2, 0.25) is 0 Å². The minimum Gasteiger partial charge on any atom is -0.479 e. The molecule has 2 N–H and O–H groups in total. The number of carboxylic acids is 1. The van der Waals surface area contributed by atoms with E-state index in [4.69, 9.17) is 16.3 Å². The number of rotatable bonds is 5. The van der Waals surface area contributed by atoms with Crippen molar-refractivity contribution in [2.45, 2.75) is 65.8 Å². The van der Waals surface area contributed by atoms with Gasteiger partial charge in [-0.15, -0.1) is 11.3 Å². The van der Waals surface area contributed by atoms with Gasteiger partial charge >= 0.3 is 5.97 Å². The number of aliphatic hydroxyl groups is 1. The first-order chi connectivity index (χ1) is 18.2. The van der Waals surface area contributed by atoms with Crippen LogP contribution in [0.2, 0.25) is 5.02 Å². The average Bonchev–Trinajstić information content (AvgIpc) is 3.19. The van der Waals surface area contributed by atoms with Crippen LogP contribution in [0.15, 0.2) is 48.5 Å². The third-order valence-electron chi connectivity index (χ3n) is 6.28. The molecule has 0 aliphatic heterocycles. The molecule has 1 heterocycles. The summed E-state index contributed by atoms with van der Waals surface area (Å²) < 4.78 is 6.09. The van der Waals surface area contributed by atoms with Crippen LogP contribution in [-0.2, 0) is 15.1 Å². The molecule has 0 aliphatic carbocycles. The summed E-state index contributed by atoms with van der Waals surface area (Å²) in [5.74, 6) is 5.08. The van der Waals surface area contributed by atoms with Crippen molar-refractivity contribution in [2.75, 3.05) is 0 Å². The van der Waals surface area contributed by atoms with Gasteiger partial charge in [0.1, 0.15) is 0 Å². The van der Waals surface area contributed by atoms with E-state index in [0.29, 0.717) is 16.1 Å². The van der Waals surface area contributed by atoms with Crippen LogP contribution in [0.3, 0.4) is 0 Å². The van der Waals surface area contributed by atoms with Gasteiger partial charge in [-0.3, -0.25) is 0 Å². The molecule has 2 atom stereocenters. The molecule has 0 spiro atoms. The third-order valence-corrected chi connectivity index (χ3v) is 7.81. The van der Waals surface area contributed by atoms with E-state index in [1.807, 2.05) is 77.9 Å². The smallest absolute Gasteiger partial charge is 0.337 e. The predicted molar refractivity (Wildman–Crippen MR) is 158 cm³/mol. The SMILES string of the molecule is Cc1nc(C)c(C(C)(O)C#Cc2ccc3cc(C)c(C(OC(C)(C)C)C(=O)O)c(-c4ccc(Cl)cc4)c3c2)s1. The molecule has 0 saturated heterocycles. The summed E-state index contributed by atoms with van der Waals surface area (Å²) in [4.78, 5) is 17.7. The van der Waals surface area contributed by atoms with Gasteiger partial charge in [0.15, 0.2) is 11.7 Å². The van der Waals surface area contributed by atoms with Gasteiger partial charge in [0.25, 0.3) is 0 Å². The lowest BCUT2D eigenvalue weighted by atomic mass is 9.86. The first-order valence-electron chi connectivity index (χ1n) is 12.6. The molecular weight excluding hydrogens is 530 g/mol. The fourth-order valence-corrected chi connectivity index (χ4v) is 5.76. The van der Waals surface area contributed by atoms with E-state index >= 15 is 0 Å². The van der Waals surface area contributed by atoms with Crippen molar-refractivity contribution in [3.63, 3.8) is 0 Å².